The van der Waals surface area contributed by atoms with Crippen molar-refractivity contribution in [2.24, 2.45) is 0 Å². The molecule has 2 aromatic rings. The number of rotatable bonds is 6. The third kappa shape index (κ3) is 4.08. The molecule has 0 aliphatic rings. The molecule has 0 nitrogen and oxygen atoms in total. The molecule has 0 N–H and O–H groups in total. The maximum absolute atomic E-state index is 3.89. The number of hydrogen-bond acceptors (Lipinski definition) is 0. The van der Waals surface area contributed by atoms with E-state index in [1.165, 1.54) is 11.1 Å². The Morgan fingerprint density at radius 1 is 0.778 bits per heavy atom. The molecule has 0 amide bonds. The molecule has 0 radical (unpaired) electrons. The first-order valence-electron chi connectivity index (χ1n) is 6.21. The van der Waals surface area contributed by atoms with Crippen LogP contribution >= 0.6 is 0 Å². The van der Waals surface area contributed by atoms with Crippen molar-refractivity contribution in [2.45, 2.75) is 11.5 Å². The standard InChI is InChI=1S/C17H19S/c1-2-13-18(14-16-9-5-3-6-10-16)15-17-11-7-4-8-12-17/h2-12H,1,13-15H2/q+1. The molecule has 0 unspecified atom stereocenters. The van der Waals surface area contributed by atoms with Gasteiger partial charge in [0.15, 0.2) is 0 Å². The third-order valence-corrected chi connectivity index (χ3v) is 4.97. The minimum atomic E-state index is 0.355. The molecule has 0 heterocycles. The van der Waals surface area contributed by atoms with Crippen LogP contribution in [0, 0.1) is 0 Å². The predicted molar refractivity (Wildman–Crippen MR) is 82.7 cm³/mol. The molecule has 0 saturated carbocycles. The van der Waals surface area contributed by atoms with Crippen LogP contribution in [0.2, 0.25) is 0 Å². The van der Waals surface area contributed by atoms with E-state index in [1.807, 2.05) is 0 Å². The molecule has 0 fully saturated rings. The van der Waals surface area contributed by atoms with E-state index in [0.29, 0.717) is 10.9 Å². The lowest BCUT2D eigenvalue weighted by Gasteiger charge is -2.07. The second-order valence-corrected chi connectivity index (χ2v) is 6.46. The molecule has 1 heteroatoms. The topological polar surface area (TPSA) is 0 Å². The Labute approximate surface area is 113 Å². The predicted octanol–water partition coefficient (Wildman–Crippen LogP) is 4.19. The smallest absolute Gasteiger partial charge is 0.0985 e. The highest BCUT2D eigenvalue weighted by molar-refractivity contribution is 7.95. The van der Waals surface area contributed by atoms with E-state index in [-0.39, 0.29) is 0 Å². The van der Waals surface area contributed by atoms with Crippen molar-refractivity contribution in [3.05, 3.63) is 84.4 Å². The van der Waals surface area contributed by atoms with E-state index < -0.39 is 0 Å². The molecule has 2 rings (SSSR count). The molecular formula is C17H19S+. The largest absolute Gasteiger partial charge is 0.133 e. The van der Waals surface area contributed by atoms with E-state index in [0.717, 1.165) is 17.3 Å². The molecule has 92 valence electrons. The van der Waals surface area contributed by atoms with Crippen LogP contribution in [0.4, 0.5) is 0 Å². The summed E-state index contributed by atoms with van der Waals surface area (Å²) in [6.45, 7) is 3.89. The van der Waals surface area contributed by atoms with Gasteiger partial charge >= 0.3 is 0 Å². The zero-order chi connectivity index (χ0) is 12.6. The number of benzene rings is 2. The fourth-order valence-corrected chi connectivity index (χ4v) is 3.95. The Morgan fingerprint density at radius 2 is 1.22 bits per heavy atom. The van der Waals surface area contributed by atoms with Crippen molar-refractivity contribution >= 4 is 10.9 Å². The maximum atomic E-state index is 3.89. The van der Waals surface area contributed by atoms with Crippen LogP contribution in [0.25, 0.3) is 0 Å². The Hall–Kier alpha value is -1.47. The van der Waals surface area contributed by atoms with Gasteiger partial charge in [-0.3, -0.25) is 0 Å². The van der Waals surface area contributed by atoms with Gasteiger partial charge < -0.3 is 0 Å². The van der Waals surface area contributed by atoms with Crippen molar-refractivity contribution in [1.29, 1.82) is 0 Å². The Kier molecular flexibility index (Phi) is 5.10. The minimum absolute atomic E-state index is 0.355. The van der Waals surface area contributed by atoms with Crippen LogP contribution in [0.1, 0.15) is 11.1 Å². The lowest BCUT2D eigenvalue weighted by atomic mass is 10.2. The average molecular weight is 255 g/mol. The fraction of sp³-hybridized carbons (Fsp3) is 0.176. The van der Waals surface area contributed by atoms with Gasteiger partial charge in [0.1, 0.15) is 17.3 Å². The molecule has 0 aliphatic carbocycles. The summed E-state index contributed by atoms with van der Waals surface area (Å²) in [5, 5.41) is 0. The minimum Gasteiger partial charge on any atom is -0.0985 e. The first kappa shape index (κ1) is 13.0. The van der Waals surface area contributed by atoms with Gasteiger partial charge in [-0.25, -0.2) is 0 Å². The van der Waals surface area contributed by atoms with Crippen molar-refractivity contribution in [1.82, 2.24) is 0 Å². The maximum Gasteiger partial charge on any atom is 0.133 e. The normalized spacial score (nSPS) is 10.5. The highest BCUT2D eigenvalue weighted by Crippen LogP contribution is 2.15. The van der Waals surface area contributed by atoms with Gasteiger partial charge in [0, 0.05) is 22.0 Å². The summed E-state index contributed by atoms with van der Waals surface area (Å²) in [5.41, 5.74) is 2.86. The van der Waals surface area contributed by atoms with E-state index in [1.54, 1.807) is 0 Å². The van der Waals surface area contributed by atoms with Gasteiger partial charge in [0.25, 0.3) is 0 Å². The molecule has 0 aromatic heterocycles. The first-order chi connectivity index (χ1) is 8.88. The zero-order valence-electron chi connectivity index (χ0n) is 10.6. The quantitative estimate of drug-likeness (QED) is 0.536. The Bertz CT molecular complexity index is 420. The molecule has 0 bridgehead atoms. The van der Waals surface area contributed by atoms with Crippen LogP contribution in [-0.2, 0) is 22.4 Å². The van der Waals surface area contributed by atoms with Gasteiger partial charge in [-0.1, -0.05) is 67.2 Å². The van der Waals surface area contributed by atoms with E-state index in [2.05, 4.69) is 73.3 Å². The van der Waals surface area contributed by atoms with Gasteiger partial charge in [-0.05, 0) is 6.08 Å². The molecular weight excluding hydrogens is 236 g/mol. The van der Waals surface area contributed by atoms with Crippen LogP contribution in [-0.4, -0.2) is 5.75 Å². The summed E-state index contributed by atoms with van der Waals surface area (Å²) in [7, 11) is 0.355. The lowest BCUT2D eigenvalue weighted by Crippen LogP contribution is -2.11. The monoisotopic (exact) mass is 255 g/mol. The molecule has 18 heavy (non-hydrogen) atoms. The average Bonchev–Trinajstić information content (AvgIpc) is 2.41. The van der Waals surface area contributed by atoms with Crippen molar-refractivity contribution in [2.75, 3.05) is 5.75 Å². The fourth-order valence-electron chi connectivity index (χ4n) is 1.96. The summed E-state index contributed by atoms with van der Waals surface area (Å²) < 4.78 is 0. The van der Waals surface area contributed by atoms with Crippen LogP contribution < -0.4 is 0 Å². The van der Waals surface area contributed by atoms with Gasteiger partial charge in [-0.15, -0.1) is 0 Å². The second-order valence-electron chi connectivity index (χ2n) is 4.33. The molecule has 0 saturated heterocycles. The summed E-state index contributed by atoms with van der Waals surface area (Å²) in [6, 6.07) is 21.5. The summed E-state index contributed by atoms with van der Waals surface area (Å²) >= 11 is 0. The molecule has 0 spiro atoms. The van der Waals surface area contributed by atoms with Crippen molar-refractivity contribution in [3.63, 3.8) is 0 Å². The SMILES string of the molecule is C=CC[S+](Cc1ccccc1)Cc1ccccc1. The van der Waals surface area contributed by atoms with Crippen LogP contribution in [0.5, 0.6) is 0 Å². The van der Waals surface area contributed by atoms with E-state index in [9.17, 15) is 0 Å². The summed E-state index contributed by atoms with van der Waals surface area (Å²) in [5.74, 6) is 3.41. The first-order valence-corrected chi connectivity index (χ1v) is 7.94. The van der Waals surface area contributed by atoms with Crippen molar-refractivity contribution < 1.29 is 0 Å². The van der Waals surface area contributed by atoms with Crippen molar-refractivity contribution in [3.8, 4) is 0 Å². The summed E-state index contributed by atoms with van der Waals surface area (Å²) in [6.07, 6.45) is 2.05. The van der Waals surface area contributed by atoms with Gasteiger partial charge in [0.05, 0.1) is 0 Å². The van der Waals surface area contributed by atoms with Crippen LogP contribution in [0.15, 0.2) is 73.3 Å². The second kappa shape index (κ2) is 7.07. The van der Waals surface area contributed by atoms with E-state index >= 15 is 0 Å². The van der Waals surface area contributed by atoms with Gasteiger partial charge in [0.2, 0.25) is 0 Å². The highest BCUT2D eigenvalue weighted by atomic mass is 32.2. The Balaban J connectivity index is 2.02. The molecule has 0 aliphatic heterocycles. The zero-order valence-corrected chi connectivity index (χ0v) is 11.4. The van der Waals surface area contributed by atoms with Gasteiger partial charge in [-0.2, -0.15) is 0 Å². The molecule has 2 aromatic carbocycles. The highest BCUT2D eigenvalue weighted by Gasteiger charge is 2.17. The van der Waals surface area contributed by atoms with Crippen LogP contribution in [0.3, 0.4) is 0 Å². The third-order valence-electron chi connectivity index (χ3n) is 2.78. The number of hydrogen-bond donors (Lipinski definition) is 0. The molecule has 0 atom stereocenters. The Morgan fingerprint density at radius 3 is 1.61 bits per heavy atom. The lowest BCUT2D eigenvalue weighted by molar-refractivity contribution is 1.33. The van der Waals surface area contributed by atoms with E-state index in [4.69, 9.17) is 0 Å². The summed E-state index contributed by atoms with van der Waals surface area (Å²) in [4.78, 5) is 0.